The van der Waals surface area contributed by atoms with Crippen molar-refractivity contribution in [1.29, 1.82) is 0 Å². The quantitative estimate of drug-likeness (QED) is 0.502. The molecule has 1 aromatic heterocycles. The van der Waals surface area contributed by atoms with Crippen LogP contribution in [0.3, 0.4) is 0 Å². The van der Waals surface area contributed by atoms with Gasteiger partial charge in [-0.25, -0.2) is 12.4 Å². The number of Topliss-reactive ketones (excluding diaryl/α,β-unsaturated/α-hetero) is 1. The number of aryl methyl sites for hydroxylation is 1. The Morgan fingerprint density at radius 2 is 1.83 bits per heavy atom. The summed E-state index contributed by atoms with van der Waals surface area (Å²) in [4.78, 5) is 12.3. The summed E-state index contributed by atoms with van der Waals surface area (Å²) < 4.78 is 27.0. The number of hydrogen-bond donors (Lipinski definition) is 0. The monoisotopic (exact) mass is 391 g/mol. The van der Waals surface area contributed by atoms with Gasteiger partial charge in [-0.05, 0) is 30.7 Å². The molecule has 0 saturated carbocycles. The topological polar surface area (TPSA) is 56.1 Å². The fourth-order valence-electron chi connectivity index (χ4n) is 2.51. The summed E-state index contributed by atoms with van der Waals surface area (Å²) in [5, 5.41) is 0.783. The molecule has 118 valence electrons. The summed E-state index contributed by atoms with van der Waals surface area (Å²) in [7, 11) is -3.75. The Kier molecular flexibility index (Phi) is 4.12. The zero-order valence-corrected chi connectivity index (χ0v) is 14.8. The van der Waals surface area contributed by atoms with Crippen molar-refractivity contribution in [2.75, 3.05) is 5.33 Å². The smallest absolute Gasteiger partial charge is 0.268 e. The highest BCUT2D eigenvalue weighted by atomic mass is 79.9. The zero-order chi connectivity index (χ0) is 16.6. The molecule has 0 N–H and O–H groups in total. The van der Waals surface area contributed by atoms with Gasteiger partial charge in [-0.15, -0.1) is 0 Å². The van der Waals surface area contributed by atoms with Gasteiger partial charge < -0.3 is 0 Å². The maximum Gasteiger partial charge on any atom is 0.268 e. The molecule has 0 spiro atoms. The number of hydrogen-bond acceptors (Lipinski definition) is 3. The van der Waals surface area contributed by atoms with E-state index in [-0.39, 0.29) is 16.0 Å². The first-order chi connectivity index (χ1) is 10.9. The Bertz CT molecular complexity index is 991. The van der Waals surface area contributed by atoms with Crippen LogP contribution in [-0.2, 0) is 10.0 Å². The van der Waals surface area contributed by atoms with Crippen LogP contribution in [0.25, 0.3) is 10.9 Å². The Morgan fingerprint density at radius 3 is 2.48 bits per heavy atom. The molecule has 0 aliphatic heterocycles. The molecule has 0 unspecified atom stereocenters. The summed E-state index contributed by atoms with van der Waals surface area (Å²) in [5.41, 5.74) is 1.84. The van der Waals surface area contributed by atoms with Crippen molar-refractivity contribution in [1.82, 2.24) is 3.97 Å². The standard InChI is InChI=1S/C17H14BrNO3S/c1-12-7-8-14-15(17(20)10-18)11-19(16(14)9-12)23(21,22)13-5-3-2-4-6-13/h2-9,11H,10H2,1H3. The van der Waals surface area contributed by atoms with Crippen molar-refractivity contribution in [3.8, 4) is 0 Å². The number of halogens is 1. The number of nitrogens with zero attached hydrogens (tertiary/aromatic N) is 1. The molecule has 0 saturated heterocycles. The van der Waals surface area contributed by atoms with Gasteiger partial charge in [-0.1, -0.05) is 46.3 Å². The molecule has 0 aliphatic carbocycles. The van der Waals surface area contributed by atoms with Crippen LogP contribution in [0.4, 0.5) is 0 Å². The summed E-state index contributed by atoms with van der Waals surface area (Å²) in [6.45, 7) is 1.89. The van der Waals surface area contributed by atoms with E-state index in [4.69, 9.17) is 0 Å². The van der Waals surface area contributed by atoms with Crippen LogP contribution in [-0.4, -0.2) is 23.5 Å². The Balaban J connectivity index is 2.34. The number of ketones is 1. The van der Waals surface area contributed by atoms with Crippen molar-refractivity contribution in [3.63, 3.8) is 0 Å². The lowest BCUT2D eigenvalue weighted by Gasteiger charge is -2.07. The van der Waals surface area contributed by atoms with E-state index in [1.54, 1.807) is 42.5 Å². The van der Waals surface area contributed by atoms with E-state index < -0.39 is 10.0 Å². The van der Waals surface area contributed by atoms with Gasteiger partial charge in [0, 0.05) is 17.1 Å². The number of carbonyl (C=O) groups excluding carboxylic acids is 1. The largest absolute Gasteiger partial charge is 0.293 e. The van der Waals surface area contributed by atoms with E-state index in [1.807, 2.05) is 13.0 Å². The number of aromatic nitrogens is 1. The van der Waals surface area contributed by atoms with E-state index in [0.29, 0.717) is 16.5 Å². The van der Waals surface area contributed by atoms with Crippen molar-refractivity contribution in [2.24, 2.45) is 0 Å². The van der Waals surface area contributed by atoms with E-state index in [0.717, 1.165) is 5.56 Å². The van der Waals surface area contributed by atoms with E-state index in [9.17, 15) is 13.2 Å². The molecular weight excluding hydrogens is 378 g/mol. The number of fused-ring (bicyclic) bond motifs is 1. The third-order valence-corrected chi connectivity index (χ3v) is 5.85. The van der Waals surface area contributed by atoms with E-state index >= 15 is 0 Å². The lowest BCUT2D eigenvalue weighted by Crippen LogP contribution is -2.12. The summed E-state index contributed by atoms with van der Waals surface area (Å²) >= 11 is 3.15. The first-order valence-corrected chi connectivity index (χ1v) is 9.53. The van der Waals surface area contributed by atoms with Gasteiger partial charge >= 0.3 is 0 Å². The summed E-state index contributed by atoms with van der Waals surface area (Å²) in [6, 6.07) is 13.6. The van der Waals surface area contributed by atoms with Crippen LogP contribution in [0.15, 0.2) is 59.6 Å². The van der Waals surface area contributed by atoms with E-state index in [2.05, 4.69) is 15.9 Å². The minimum Gasteiger partial charge on any atom is -0.293 e. The fourth-order valence-corrected chi connectivity index (χ4v) is 4.19. The highest BCUT2D eigenvalue weighted by Crippen LogP contribution is 2.27. The molecule has 23 heavy (non-hydrogen) atoms. The second-order valence-corrected chi connectivity index (χ2v) is 7.61. The van der Waals surface area contributed by atoms with Gasteiger partial charge in [0.15, 0.2) is 5.78 Å². The first-order valence-electron chi connectivity index (χ1n) is 6.96. The van der Waals surface area contributed by atoms with Crippen LogP contribution in [0.1, 0.15) is 15.9 Å². The maximum absolute atomic E-state index is 12.9. The van der Waals surface area contributed by atoms with Crippen LogP contribution < -0.4 is 0 Å². The SMILES string of the molecule is Cc1ccc2c(C(=O)CBr)cn(S(=O)(=O)c3ccccc3)c2c1. The van der Waals surface area contributed by atoms with Crippen molar-refractivity contribution < 1.29 is 13.2 Å². The Labute approximate surface area is 142 Å². The van der Waals surface area contributed by atoms with Crippen LogP contribution in [0.5, 0.6) is 0 Å². The predicted octanol–water partition coefficient (Wildman–Crippen LogP) is 3.76. The minimum absolute atomic E-state index is 0.144. The highest BCUT2D eigenvalue weighted by molar-refractivity contribution is 9.09. The van der Waals surface area contributed by atoms with Gasteiger partial charge in [0.25, 0.3) is 10.0 Å². The van der Waals surface area contributed by atoms with Crippen LogP contribution >= 0.6 is 15.9 Å². The van der Waals surface area contributed by atoms with Crippen LogP contribution in [0.2, 0.25) is 0 Å². The number of rotatable bonds is 4. The highest BCUT2D eigenvalue weighted by Gasteiger charge is 2.23. The molecule has 0 radical (unpaired) electrons. The van der Waals surface area contributed by atoms with Gasteiger partial charge in [0.05, 0.1) is 15.7 Å². The van der Waals surface area contributed by atoms with E-state index in [1.165, 1.54) is 10.2 Å². The van der Waals surface area contributed by atoms with Crippen molar-refractivity contribution >= 4 is 42.6 Å². The molecule has 0 fully saturated rings. The summed E-state index contributed by atoms with van der Waals surface area (Å²) in [6.07, 6.45) is 1.41. The van der Waals surface area contributed by atoms with Gasteiger partial charge in [-0.3, -0.25) is 4.79 Å². The second-order valence-electron chi connectivity index (χ2n) is 5.23. The second kappa shape index (κ2) is 5.94. The molecule has 0 bridgehead atoms. The lowest BCUT2D eigenvalue weighted by atomic mass is 10.1. The summed E-state index contributed by atoms with van der Waals surface area (Å²) in [5.74, 6) is -0.152. The average Bonchev–Trinajstić information content (AvgIpc) is 2.94. The molecule has 0 atom stereocenters. The molecule has 1 heterocycles. The lowest BCUT2D eigenvalue weighted by molar-refractivity contribution is 0.102. The van der Waals surface area contributed by atoms with Gasteiger partial charge in [-0.2, -0.15) is 0 Å². The van der Waals surface area contributed by atoms with Gasteiger partial charge in [0.1, 0.15) is 0 Å². The number of alkyl halides is 1. The number of benzene rings is 2. The zero-order valence-electron chi connectivity index (χ0n) is 12.4. The third kappa shape index (κ3) is 2.72. The molecular formula is C17H14BrNO3S. The first kappa shape index (κ1) is 16.0. The minimum atomic E-state index is -3.75. The predicted molar refractivity (Wildman–Crippen MR) is 93.8 cm³/mol. The molecule has 3 rings (SSSR count). The van der Waals surface area contributed by atoms with Crippen LogP contribution in [0, 0.1) is 6.92 Å². The van der Waals surface area contributed by atoms with Gasteiger partial charge in [0.2, 0.25) is 0 Å². The molecule has 3 aromatic rings. The Hall–Kier alpha value is -1.92. The molecule has 2 aromatic carbocycles. The molecule has 6 heteroatoms. The number of carbonyl (C=O) groups is 1. The fraction of sp³-hybridized carbons (Fsp3) is 0.118. The van der Waals surface area contributed by atoms with Crippen molar-refractivity contribution in [3.05, 3.63) is 65.9 Å². The third-order valence-electron chi connectivity index (χ3n) is 3.65. The average molecular weight is 392 g/mol. The molecule has 0 aliphatic rings. The normalized spacial score (nSPS) is 11.7. The van der Waals surface area contributed by atoms with Crippen molar-refractivity contribution in [2.45, 2.75) is 11.8 Å². The Morgan fingerprint density at radius 1 is 1.13 bits per heavy atom. The molecule has 0 amide bonds. The maximum atomic E-state index is 12.9. The molecule has 4 nitrogen and oxygen atoms in total.